The fourth-order valence-electron chi connectivity index (χ4n) is 6.65. The summed E-state index contributed by atoms with van der Waals surface area (Å²) in [4.78, 5) is 65.4. The number of hydrogen-bond acceptors (Lipinski definition) is 6. The molecule has 0 bridgehead atoms. The van der Waals surface area contributed by atoms with Gasteiger partial charge in [-0.2, -0.15) is 0 Å². The molecule has 2 aliphatic carbocycles. The molecule has 0 spiro atoms. The van der Waals surface area contributed by atoms with Crippen molar-refractivity contribution in [2.24, 2.45) is 11.8 Å². The molecule has 222 valence electrons. The van der Waals surface area contributed by atoms with Crippen LogP contribution < -0.4 is 21.3 Å². The first-order valence-electron chi connectivity index (χ1n) is 14.8. The second kappa shape index (κ2) is 12.4. The quantitative estimate of drug-likeness (QED) is 0.272. The van der Waals surface area contributed by atoms with E-state index >= 15 is 0 Å². The number of ketones is 1. The molecular weight excluding hydrogens is 536 g/mol. The standard InChI is InChI=1S/C32H38N4O6/c1-33-30(40)27(37)25(18-20-15-16-34-28(20)38)35-29(39)26(17-19-9-3-2-4-10-19)36-31(41)32(42)23-13-7-5-11-21(23)22-12-6-8-14-24(22)32/h5-8,11-14,19-20,25-26,42H,2-4,9-10,15-18H2,1H3,(H,33,40)(H,34,38)(H,35,39)(H,36,41)/t20-,25?,26-/m0/s1. The fourth-order valence-corrected chi connectivity index (χ4v) is 6.65. The van der Waals surface area contributed by atoms with E-state index in [9.17, 15) is 29.1 Å². The van der Waals surface area contributed by atoms with Crippen LogP contribution in [0.25, 0.3) is 11.1 Å². The number of nitrogens with one attached hydrogen (secondary N) is 4. The van der Waals surface area contributed by atoms with E-state index in [0.717, 1.165) is 43.2 Å². The van der Waals surface area contributed by atoms with Crippen molar-refractivity contribution in [1.29, 1.82) is 0 Å². The van der Waals surface area contributed by atoms with Crippen LogP contribution in [0.5, 0.6) is 0 Å². The van der Waals surface area contributed by atoms with Crippen molar-refractivity contribution >= 4 is 29.4 Å². The van der Waals surface area contributed by atoms with Gasteiger partial charge >= 0.3 is 0 Å². The second-order valence-corrected chi connectivity index (χ2v) is 11.6. The number of fused-ring (bicyclic) bond motifs is 3. The van der Waals surface area contributed by atoms with Crippen LogP contribution in [0.15, 0.2) is 48.5 Å². The Kier molecular flexibility index (Phi) is 8.72. The molecule has 10 nitrogen and oxygen atoms in total. The highest BCUT2D eigenvalue weighted by Gasteiger charge is 2.49. The summed E-state index contributed by atoms with van der Waals surface area (Å²) >= 11 is 0. The maximum atomic E-state index is 14.0. The number of hydrogen-bond donors (Lipinski definition) is 5. The van der Waals surface area contributed by atoms with Crippen LogP contribution in [0.2, 0.25) is 0 Å². The van der Waals surface area contributed by atoms with Gasteiger partial charge in [-0.05, 0) is 36.3 Å². The number of carbonyl (C=O) groups is 5. The van der Waals surface area contributed by atoms with Crippen molar-refractivity contribution < 1.29 is 29.1 Å². The first-order chi connectivity index (χ1) is 20.2. The summed E-state index contributed by atoms with van der Waals surface area (Å²) < 4.78 is 0. The van der Waals surface area contributed by atoms with Crippen LogP contribution in [0.3, 0.4) is 0 Å². The summed E-state index contributed by atoms with van der Waals surface area (Å²) in [6.45, 7) is 0.459. The zero-order valence-electron chi connectivity index (χ0n) is 23.8. The van der Waals surface area contributed by atoms with Crippen molar-refractivity contribution in [3.63, 3.8) is 0 Å². The number of aliphatic hydroxyl groups is 1. The smallest absolute Gasteiger partial charge is 0.289 e. The molecule has 1 saturated heterocycles. The van der Waals surface area contributed by atoms with Gasteiger partial charge in [-0.25, -0.2) is 0 Å². The van der Waals surface area contributed by atoms with Crippen LogP contribution in [0.1, 0.15) is 62.5 Å². The van der Waals surface area contributed by atoms with Crippen LogP contribution in [-0.4, -0.2) is 60.2 Å². The van der Waals surface area contributed by atoms with E-state index in [-0.39, 0.29) is 18.2 Å². The molecule has 2 aromatic carbocycles. The first-order valence-corrected chi connectivity index (χ1v) is 14.8. The molecule has 5 rings (SSSR count). The van der Waals surface area contributed by atoms with Crippen molar-refractivity contribution in [2.45, 2.75) is 69.1 Å². The lowest BCUT2D eigenvalue weighted by Gasteiger charge is -2.31. The van der Waals surface area contributed by atoms with Gasteiger partial charge in [0.15, 0.2) is 5.60 Å². The van der Waals surface area contributed by atoms with E-state index in [1.54, 1.807) is 24.3 Å². The zero-order valence-corrected chi connectivity index (χ0v) is 23.8. The highest BCUT2D eigenvalue weighted by Crippen LogP contribution is 2.47. The minimum Gasteiger partial charge on any atom is -0.372 e. The van der Waals surface area contributed by atoms with Gasteiger partial charge < -0.3 is 26.4 Å². The summed E-state index contributed by atoms with van der Waals surface area (Å²) in [5, 5.41) is 22.5. The molecule has 1 heterocycles. The van der Waals surface area contributed by atoms with E-state index in [4.69, 9.17) is 0 Å². The Bertz CT molecular complexity index is 1340. The molecule has 3 aliphatic rings. The molecular formula is C32H38N4O6. The number of amides is 4. The summed E-state index contributed by atoms with van der Waals surface area (Å²) in [6.07, 6.45) is 5.73. The highest BCUT2D eigenvalue weighted by molar-refractivity contribution is 6.38. The molecule has 0 radical (unpaired) electrons. The molecule has 4 amide bonds. The third kappa shape index (κ3) is 5.68. The van der Waals surface area contributed by atoms with Gasteiger partial charge in [0.05, 0.1) is 6.04 Å². The van der Waals surface area contributed by atoms with Crippen LogP contribution in [0.4, 0.5) is 0 Å². The molecule has 2 aromatic rings. The highest BCUT2D eigenvalue weighted by atomic mass is 16.3. The molecule has 0 aromatic heterocycles. The van der Waals surface area contributed by atoms with Crippen LogP contribution in [0, 0.1) is 11.8 Å². The molecule has 1 aliphatic heterocycles. The average molecular weight is 575 g/mol. The Morgan fingerprint density at radius 2 is 1.50 bits per heavy atom. The van der Waals surface area contributed by atoms with Crippen molar-refractivity contribution in [3.05, 3.63) is 59.7 Å². The topological polar surface area (TPSA) is 154 Å². The van der Waals surface area contributed by atoms with Gasteiger partial charge in [-0.15, -0.1) is 0 Å². The number of likely N-dealkylation sites (N-methyl/N-ethyl adjacent to an activating group) is 1. The Hall–Kier alpha value is -4.05. The lowest BCUT2D eigenvalue weighted by molar-refractivity contribution is -0.142. The summed E-state index contributed by atoms with van der Waals surface area (Å²) in [5.41, 5.74) is 0.327. The van der Waals surface area contributed by atoms with Crippen LogP contribution >= 0.6 is 0 Å². The van der Waals surface area contributed by atoms with Gasteiger partial charge in [0, 0.05) is 30.6 Å². The van der Waals surface area contributed by atoms with E-state index in [2.05, 4.69) is 21.3 Å². The fraction of sp³-hybridized carbons (Fsp3) is 0.469. The SMILES string of the molecule is CNC(=O)C(=O)C(C[C@@H]1CCNC1=O)NC(=O)[C@H](CC1CCCCC1)NC(=O)C1(O)c2ccccc2-c2ccccc21. The van der Waals surface area contributed by atoms with Gasteiger partial charge in [-0.1, -0.05) is 80.6 Å². The normalized spacial score (nSPS) is 20.4. The van der Waals surface area contributed by atoms with E-state index in [0.29, 0.717) is 30.5 Å². The van der Waals surface area contributed by atoms with Crippen molar-refractivity contribution in [2.75, 3.05) is 13.6 Å². The minimum absolute atomic E-state index is 0.0292. The van der Waals surface area contributed by atoms with E-state index < -0.39 is 47.1 Å². The third-order valence-corrected chi connectivity index (χ3v) is 8.93. The number of Topliss-reactive ketones (excluding diaryl/α,β-unsaturated/α-hetero) is 1. The molecule has 5 N–H and O–H groups in total. The Morgan fingerprint density at radius 3 is 2.07 bits per heavy atom. The van der Waals surface area contributed by atoms with Gasteiger partial charge in [0.2, 0.25) is 17.6 Å². The van der Waals surface area contributed by atoms with Gasteiger partial charge in [0.25, 0.3) is 11.8 Å². The lowest BCUT2D eigenvalue weighted by Crippen LogP contribution is -2.57. The Morgan fingerprint density at radius 1 is 0.881 bits per heavy atom. The lowest BCUT2D eigenvalue weighted by atomic mass is 9.84. The third-order valence-electron chi connectivity index (χ3n) is 8.93. The van der Waals surface area contributed by atoms with Gasteiger partial charge in [-0.3, -0.25) is 24.0 Å². The molecule has 1 saturated carbocycles. The first kappa shape index (κ1) is 29.4. The zero-order chi connectivity index (χ0) is 29.9. The second-order valence-electron chi connectivity index (χ2n) is 11.6. The molecule has 3 atom stereocenters. The molecule has 2 fully saturated rings. The largest absolute Gasteiger partial charge is 0.372 e. The van der Waals surface area contributed by atoms with E-state index in [1.165, 1.54) is 7.05 Å². The molecule has 1 unspecified atom stereocenters. The van der Waals surface area contributed by atoms with Gasteiger partial charge in [0.1, 0.15) is 6.04 Å². The predicted molar refractivity (Wildman–Crippen MR) is 155 cm³/mol. The summed E-state index contributed by atoms with van der Waals surface area (Å²) in [5.74, 6) is -3.68. The summed E-state index contributed by atoms with van der Waals surface area (Å²) in [7, 11) is 1.32. The number of carbonyl (C=O) groups excluding carboxylic acids is 5. The maximum absolute atomic E-state index is 14.0. The monoisotopic (exact) mass is 574 g/mol. The van der Waals surface area contributed by atoms with Crippen molar-refractivity contribution in [1.82, 2.24) is 21.3 Å². The predicted octanol–water partition coefficient (Wildman–Crippen LogP) is 1.68. The molecule has 42 heavy (non-hydrogen) atoms. The van der Waals surface area contributed by atoms with E-state index in [1.807, 2.05) is 24.3 Å². The molecule has 10 heteroatoms. The van der Waals surface area contributed by atoms with Crippen molar-refractivity contribution in [3.8, 4) is 11.1 Å². The number of rotatable bonds is 10. The number of benzene rings is 2. The average Bonchev–Trinajstić information content (AvgIpc) is 3.54. The minimum atomic E-state index is -2.02. The Balaban J connectivity index is 1.42. The van der Waals surface area contributed by atoms with Crippen LogP contribution in [-0.2, 0) is 29.6 Å². The summed E-state index contributed by atoms with van der Waals surface area (Å²) in [6, 6.07) is 12.0. The maximum Gasteiger partial charge on any atom is 0.289 e. The Labute approximate surface area is 245 Å².